The first kappa shape index (κ1) is 111. The van der Waals surface area contributed by atoms with Gasteiger partial charge in [-0.3, -0.25) is 9.97 Å². The first-order valence-corrected chi connectivity index (χ1v) is 46.6. The summed E-state index contributed by atoms with van der Waals surface area (Å²) in [5.41, 5.74) is 28.5. The molecule has 4 atom stereocenters. The number of nitrogen functional groups attached to an aromatic ring is 1. The highest BCUT2D eigenvalue weighted by molar-refractivity contribution is 6.36. The van der Waals surface area contributed by atoms with Gasteiger partial charge in [0.15, 0.2) is 22.6 Å². The van der Waals surface area contributed by atoms with Crippen LogP contribution in [0.2, 0.25) is 20.7 Å². The highest BCUT2D eigenvalue weighted by Gasteiger charge is 2.31. The smallest absolute Gasteiger partial charge is 0.225 e. The van der Waals surface area contributed by atoms with Gasteiger partial charge in [0.25, 0.3) is 0 Å². The van der Waals surface area contributed by atoms with Gasteiger partial charge < -0.3 is 91.4 Å². The number of halogens is 4. The number of aromatic nitrogens is 12. The van der Waals surface area contributed by atoms with Crippen molar-refractivity contribution >= 4 is 149 Å². The van der Waals surface area contributed by atoms with E-state index in [2.05, 4.69) is 115 Å². The normalized spacial score (nSPS) is 12.7. The number of rotatable bonds is 43. The van der Waals surface area contributed by atoms with E-state index < -0.39 is 0 Å². The van der Waals surface area contributed by atoms with E-state index in [1.165, 1.54) is 6.42 Å². The summed E-state index contributed by atoms with van der Waals surface area (Å²) in [6.07, 6.45) is 21.2. The van der Waals surface area contributed by atoms with E-state index in [0.717, 1.165) is 180 Å². The number of benzene rings is 3. The number of aryl methyl sites for hydroxylation is 4. The van der Waals surface area contributed by atoms with Crippen LogP contribution in [0, 0.1) is 27.7 Å². The SMILES string of the molecule is CCCC[C@@](C)(N)CCC(C)=O.CCCC[C@](C)(CCC(C)=O)Nc1nc(N)nc2c(C)ccnc12.CCCC[C@](C)(CCC(C)=O)Nc1nc(NCc2ccc(OC)cc2OC)nc2c(C)cc(Cl)nc12.CCCC[C@](C)(CCC(C)=O)Nc1nc(NCc2ccc(OC)cc2OC)nc2c(C)ccnc12.COc1ccc(CN)c(OC)c1.Cc1cc(Cl)nc2c(Cl)nc(Cl)nc12. The van der Waals surface area contributed by atoms with Crippen LogP contribution in [0.4, 0.5) is 35.3 Å². The van der Waals surface area contributed by atoms with Crippen molar-refractivity contribution in [3.63, 3.8) is 0 Å². The molecule has 0 spiro atoms. The number of nitrogens with zero attached hydrogens (tertiary/aromatic N) is 12. The van der Waals surface area contributed by atoms with E-state index in [4.69, 9.17) is 112 Å². The minimum atomic E-state index is -0.336. The van der Waals surface area contributed by atoms with Crippen molar-refractivity contribution in [2.75, 3.05) is 75.0 Å². The van der Waals surface area contributed by atoms with Gasteiger partial charge in [-0.15, -0.1) is 0 Å². The van der Waals surface area contributed by atoms with Crippen molar-refractivity contribution < 1.29 is 47.6 Å². The number of Topliss-reactive ketones (excluding diaryl/α,β-unsaturated/α-hetero) is 4. The molecular formula is C99H138Cl4N20O10. The molecule has 30 nitrogen and oxygen atoms in total. The number of carbonyl (C=O) groups is 4. The summed E-state index contributed by atoms with van der Waals surface area (Å²) in [4.78, 5) is 98.9. The van der Waals surface area contributed by atoms with Gasteiger partial charge in [0, 0.05) is 115 Å². The Bertz CT molecular complexity index is 5620. The fourth-order valence-corrected chi connectivity index (χ4v) is 15.2. The Morgan fingerprint density at radius 1 is 0.376 bits per heavy atom. The number of ketones is 4. The molecule has 11 aromatic rings. The summed E-state index contributed by atoms with van der Waals surface area (Å²) in [5.74, 6) is 8.33. The third kappa shape index (κ3) is 35.7. The molecule has 8 aromatic heterocycles. The maximum Gasteiger partial charge on any atom is 0.225 e. The molecule has 722 valence electrons. The molecule has 11 N–H and O–H groups in total. The Hall–Kier alpha value is -11.0. The van der Waals surface area contributed by atoms with E-state index >= 15 is 0 Å². The summed E-state index contributed by atoms with van der Waals surface area (Å²) in [7, 11) is 9.76. The van der Waals surface area contributed by atoms with E-state index in [-0.39, 0.29) is 61.7 Å². The highest BCUT2D eigenvalue weighted by Crippen LogP contribution is 2.37. The van der Waals surface area contributed by atoms with Gasteiger partial charge in [0.05, 0.1) is 64.7 Å². The number of pyridine rings is 4. The van der Waals surface area contributed by atoms with E-state index in [1.807, 2.05) is 101 Å². The zero-order valence-corrected chi connectivity index (χ0v) is 84.6. The standard InChI is InChI=1S/C27H36ClN5O3.C27H37N5O3.C18H27N5O.C10H21NO.C9H13NO2.C8H4Cl3N3/c1-7-8-12-27(4,13-11-18(3)34)33-25-24-23(17(2)14-22(28)30-24)31-26(32-25)29-16-19-9-10-20(35-5)15-21(19)36-6;1-7-8-13-27(4,14-11-19(3)33)32-25-24-23(18(2)12-15-28-24)30-26(31-25)29-17-20-9-10-21(34-5)16-22(20)35-6;1-5-6-9-18(4,10-7-13(3)24)23-16-15-14(21-17(19)22-16)12(2)8-11-20-15;1-4-5-7-10(3,11)8-6-9(2)12;1-11-8-4-3-7(6-10)9(5-8)12-2;1-3-2-4(9)12-6-5(3)13-8(11)14-7(6)10/h9-10,14-15H,7-8,11-13,16H2,1-6H3,(H2,29,31,32,33);9-10,12,15-16H,7-8,11,13-14,17H2,1-6H3,(H2,29,30,31,32);8,11H,5-7,9-10H2,1-4H3,(H3,19,21,22,23);4-8,11H2,1-3H3;3-5H,6,10H2,1-2H3;2H,1H3/t2*27-;18-;10-;;/m1111../s1. The van der Waals surface area contributed by atoms with Crippen molar-refractivity contribution in [1.82, 2.24) is 59.8 Å². The van der Waals surface area contributed by atoms with Crippen LogP contribution in [0.3, 0.4) is 0 Å². The number of nitrogens with one attached hydrogen (secondary N) is 5. The predicted octanol–water partition coefficient (Wildman–Crippen LogP) is 22.4. The monoisotopic (exact) mass is 1910 g/mol. The molecule has 0 radical (unpaired) electrons. The first-order valence-electron chi connectivity index (χ1n) is 45.1. The van der Waals surface area contributed by atoms with Crippen molar-refractivity contribution in [1.29, 1.82) is 0 Å². The molecule has 0 amide bonds. The summed E-state index contributed by atoms with van der Waals surface area (Å²) in [5, 5.41) is 18.5. The molecule has 0 unspecified atom stereocenters. The van der Waals surface area contributed by atoms with Gasteiger partial charge >= 0.3 is 0 Å². The Labute approximate surface area is 804 Å². The number of anilines is 6. The number of carbonyl (C=O) groups excluding carboxylic acids is 4. The maximum absolute atomic E-state index is 11.8. The lowest BCUT2D eigenvalue weighted by Gasteiger charge is -2.32. The molecule has 133 heavy (non-hydrogen) atoms. The average Bonchev–Trinajstić information content (AvgIpc) is 0.788. The molecule has 34 heteroatoms. The van der Waals surface area contributed by atoms with Crippen molar-refractivity contribution in [2.45, 2.75) is 281 Å². The van der Waals surface area contributed by atoms with Crippen molar-refractivity contribution in [3.05, 3.63) is 151 Å². The zero-order chi connectivity index (χ0) is 98.3. The number of hydrogen-bond acceptors (Lipinski definition) is 30. The third-order valence-electron chi connectivity index (χ3n) is 22.5. The topological polar surface area (TPSA) is 417 Å². The van der Waals surface area contributed by atoms with E-state index in [1.54, 1.807) is 94.9 Å². The lowest BCUT2D eigenvalue weighted by Crippen LogP contribution is -2.36. The molecular weight excluding hydrogens is 1770 g/mol. The number of nitrogens with two attached hydrogens (primary N) is 3. The second kappa shape index (κ2) is 54.4. The largest absolute Gasteiger partial charge is 0.497 e. The van der Waals surface area contributed by atoms with Gasteiger partial charge in [-0.2, -0.15) is 15.0 Å². The maximum atomic E-state index is 11.8. The second-order valence-corrected chi connectivity index (χ2v) is 35.9. The average molecular weight is 1910 g/mol. The minimum Gasteiger partial charge on any atom is -0.497 e. The van der Waals surface area contributed by atoms with Gasteiger partial charge in [0.1, 0.15) is 90.0 Å². The summed E-state index contributed by atoms with van der Waals surface area (Å²) >= 11 is 23.6. The number of fused-ring (bicyclic) bond motifs is 4. The van der Waals surface area contributed by atoms with Crippen LogP contribution >= 0.6 is 46.4 Å². The molecule has 0 saturated heterocycles. The fraction of sp³-hybridized carbons (Fsp3) is 0.495. The molecule has 3 aromatic carbocycles. The van der Waals surface area contributed by atoms with Gasteiger partial charge in [-0.1, -0.05) is 120 Å². The number of methoxy groups -OCH3 is 6. The lowest BCUT2D eigenvalue weighted by molar-refractivity contribution is -0.118. The van der Waals surface area contributed by atoms with E-state index in [0.29, 0.717) is 119 Å². The summed E-state index contributed by atoms with van der Waals surface area (Å²) in [6.45, 7) is 32.8. The Morgan fingerprint density at radius 3 is 1.11 bits per heavy atom. The minimum absolute atomic E-state index is 0.106. The summed E-state index contributed by atoms with van der Waals surface area (Å²) in [6, 6.07) is 24.3. The second-order valence-electron chi connectivity index (χ2n) is 34.5. The fourth-order valence-electron chi connectivity index (χ4n) is 14.3. The van der Waals surface area contributed by atoms with Crippen molar-refractivity contribution in [2.24, 2.45) is 11.5 Å². The number of unbranched alkanes of at least 4 members (excludes halogenated alkanes) is 4. The molecule has 0 saturated carbocycles. The third-order valence-corrected chi connectivity index (χ3v) is 23.3. The predicted molar refractivity (Wildman–Crippen MR) is 540 cm³/mol. The number of ether oxygens (including phenoxy) is 6. The molecule has 0 aliphatic carbocycles. The molecule has 0 bridgehead atoms. The zero-order valence-electron chi connectivity index (χ0n) is 81.6. The lowest BCUT2D eigenvalue weighted by atomic mass is 9.89. The van der Waals surface area contributed by atoms with E-state index in [9.17, 15) is 19.2 Å². The molecule has 0 fully saturated rings. The van der Waals surface area contributed by atoms with Crippen LogP contribution in [-0.4, -0.2) is 148 Å². The number of hydrogen-bond donors (Lipinski definition) is 8. The van der Waals surface area contributed by atoms with Gasteiger partial charge in [-0.25, -0.2) is 34.9 Å². The van der Waals surface area contributed by atoms with Gasteiger partial charge in [-0.05, 0) is 223 Å². The molecule has 11 rings (SSSR count). The van der Waals surface area contributed by atoms with Crippen LogP contribution < -0.4 is 72.2 Å². The quantitative estimate of drug-likeness (QED) is 0.00999. The highest BCUT2D eigenvalue weighted by atomic mass is 35.5. The van der Waals surface area contributed by atoms with Gasteiger partial charge in [0.2, 0.25) is 23.1 Å². The Morgan fingerprint density at radius 2 is 0.722 bits per heavy atom. The molecule has 8 heterocycles. The van der Waals surface area contributed by atoms with Crippen LogP contribution in [-0.2, 0) is 38.8 Å². The van der Waals surface area contributed by atoms with Crippen LogP contribution in [0.5, 0.6) is 34.5 Å². The first-order chi connectivity index (χ1) is 63.2. The van der Waals surface area contributed by atoms with Crippen LogP contribution in [0.25, 0.3) is 44.1 Å². The Kier molecular flexibility index (Phi) is 45.3. The summed E-state index contributed by atoms with van der Waals surface area (Å²) < 4.78 is 31.8. The van der Waals surface area contributed by atoms with Crippen molar-refractivity contribution in [3.8, 4) is 34.5 Å². The molecule has 0 aliphatic heterocycles. The molecule has 0 aliphatic rings. The Balaban J connectivity index is 0.000000259. The van der Waals surface area contributed by atoms with Crippen LogP contribution in [0.15, 0.2) is 91.3 Å². The van der Waals surface area contributed by atoms with Crippen LogP contribution in [0.1, 0.15) is 250 Å².